The van der Waals surface area contributed by atoms with E-state index >= 15 is 0 Å². The summed E-state index contributed by atoms with van der Waals surface area (Å²) < 4.78 is 5.18. The van der Waals surface area contributed by atoms with Gasteiger partial charge in [-0.25, -0.2) is 0 Å². The van der Waals surface area contributed by atoms with Crippen LogP contribution in [0.25, 0.3) is 0 Å². The van der Waals surface area contributed by atoms with Gasteiger partial charge in [-0.3, -0.25) is 0 Å². The largest absolute Gasteiger partial charge is 0.489 e. The highest BCUT2D eigenvalue weighted by molar-refractivity contribution is 6.31. The zero-order valence-corrected chi connectivity index (χ0v) is 5.48. The Bertz CT molecular complexity index is 245. The summed E-state index contributed by atoms with van der Waals surface area (Å²) in [5.74, 6) is 0.870. The van der Waals surface area contributed by atoms with E-state index in [2.05, 4.69) is 0 Å². The van der Waals surface area contributed by atoms with Gasteiger partial charge >= 0.3 is 0 Å². The molecular weight excluding hydrogens is 136 g/mol. The molecule has 1 nitrogen and oxygen atoms in total. The van der Waals surface area contributed by atoms with E-state index < -0.39 is 0 Å². The van der Waals surface area contributed by atoms with Gasteiger partial charge in [-0.1, -0.05) is 17.7 Å². The first-order valence-corrected chi connectivity index (χ1v) is 3.15. The SMILES string of the molecule is Clc1cc2ccc1CO2. The molecule has 9 heavy (non-hydrogen) atoms. The highest BCUT2D eigenvalue weighted by atomic mass is 35.5. The Balaban J connectivity index is 2.70. The quantitative estimate of drug-likeness (QED) is 0.537. The third-order valence-corrected chi connectivity index (χ3v) is 1.77. The van der Waals surface area contributed by atoms with Gasteiger partial charge in [0.25, 0.3) is 0 Å². The van der Waals surface area contributed by atoms with Crippen LogP contribution in [-0.4, -0.2) is 0 Å². The summed E-state index contributed by atoms with van der Waals surface area (Å²) in [6, 6.07) is 5.74. The average Bonchev–Trinajstić information content (AvgIpc) is 1.90. The lowest BCUT2D eigenvalue weighted by atomic mass is 10.2. The van der Waals surface area contributed by atoms with Crippen molar-refractivity contribution in [1.29, 1.82) is 0 Å². The first kappa shape index (κ1) is 5.12. The van der Waals surface area contributed by atoms with E-state index in [1.54, 1.807) is 0 Å². The van der Waals surface area contributed by atoms with Crippen molar-refractivity contribution in [2.45, 2.75) is 6.61 Å². The zero-order chi connectivity index (χ0) is 6.27. The van der Waals surface area contributed by atoms with Gasteiger partial charge < -0.3 is 4.74 Å². The fraction of sp³-hybridized carbons (Fsp3) is 0.143. The van der Waals surface area contributed by atoms with Gasteiger partial charge in [0.15, 0.2) is 0 Å². The fourth-order valence-corrected chi connectivity index (χ4v) is 1.12. The van der Waals surface area contributed by atoms with Crippen LogP contribution in [0.5, 0.6) is 5.75 Å². The molecule has 46 valence electrons. The number of rotatable bonds is 0. The Morgan fingerprint density at radius 2 is 2.33 bits per heavy atom. The van der Waals surface area contributed by atoms with Crippen LogP contribution in [-0.2, 0) is 6.61 Å². The number of halogens is 1. The summed E-state index contributed by atoms with van der Waals surface area (Å²) in [4.78, 5) is 0. The van der Waals surface area contributed by atoms with E-state index in [1.165, 1.54) is 0 Å². The van der Waals surface area contributed by atoms with Crippen molar-refractivity contribution in [2.75, 3.05) is 0 Å². The van der Waals surface area contributed by atoms with Crippen LogP contribution >= 0.6 is 11.6 Å². The standard InChI is InChI=1S/C7H5ClO/c8-7-3-6-2-1-5(7)4-9-6/h1-3H,4H2. The first-order chi connectivity index (χ1) is 4.36. The van der Waals surface area contributed by atoms with Crippen LogP contribution < -0.4 is 4.74 Å². The minimum absolute atomic E-state index is 0.640. The van der Waals surface area contributed by atoms with Crippen LogP contribution in [0.2, 0.25) is 5.02 Å². The lowest BCUT2D eigenvalue weighted by molar-refractivity contribution is 0.295. The van der Waals surface area contributed by atoms with Crippen molar-refractivity contribution in [2.24, 2.45) is 0 Å². The first-order valence-electron chi connectivity index (χ1n) is 2.77. The molecule has 2 heterocycles. The summed E-state index contributed by atoms with van der Waals surface area (Å²) in [5.41, 5.74) is 1.08. The second-order valence-corrected chi connectivity index (χ2v) is 2.45. The number of hydrogen-bond acceptors (Lipinski definition) is 1. The lowest BCUT2D eigenvalue weighted by Crippen LogP contribution is -2.02. The van der Waals surface area contributed by atoms with Crippen molar-refractivity contribution < 1.29 is 4.74 Å². The summed E-state index contributed by atoms with van der Waals surface area (Å²) in [5, 5.41) is 0.818. The number of benzene rings is 1. The third kappa shape index (κ3) is 0.688. The second-order valence-electron chi connectivity index (χ2n) is 2.04. The summed E-state index contributed by atoms with van der Waals surface area (Å²) in [6.07, 6.45) is 0. The molecule has 1 aromatic rings. The van der Waals surface area contributed by atoms with Crippen LogP contribution in [0.4, 0.5) is 0 Å². The molecule has 2 bridgehead atoms. The van der Waals surface area contributed by atoms with E-state index in [-0.39, 0.29) is 0 Å². The molecule has 0 N–H and O–H groups in total. The number of fused-ring (bicyclic) bond motifs is 3. The molecule has 0 saturated carbocycles. The number of ether oxygens (including phenoxy) is 1. The Kier molecular flexibility index (Phi) is 0.935. The van der Waals surface area contributed by atoms with Gasteiger partial charge in [0.1, 0.15) is 12.4 Å². The smallest absolute Gasteiger partial charge is 0.121 e. The molecule has 0 saturated heterocycles. The molecule has 0 radical (unpaired) electrons. The van der Waals surface area contributed by atoms with Gasteiger partial charge in [-0.2, -0.15) is 0 Å². The molecule has 2 aliphatic rings. The third-order valence-electron chi connectivity index (χ3n) is 1.42. The molecule has 2 aliphatic heterocycles. The van der Waals surface area contributed by atoms with Gasteiger partial charge in [0, 0.05) is 5.56 Å². The maximum absolute atomic E-state index is 5.79. The molecule has 2 heteroatoms. The van der Waals surface area contributed by atoms with Gasteiger partial charge in [-0.15, -0.1) is 0 Å². The van der Waals surface area contributed by atoms with Crippen molar-refractivity contribution in [3.8, 4) is 5.75 Å². The van der Waals surface area contributed by atoms with E-state index in [9.17, 15) is 0 Å². The van der Waals surface area contributed by atoms with Gasteiger partial charge in [0.05, 0.1) is 5.02 Å². The molecule has 3 rings (SSSR count). The van der Waals surface area contributed by atoms with Gasteiger partial charge in [0.2, 0.25) is 0 Å². The normalized spacial score (nSPS) is 13.4. The highest BCUT2D eigenvalue weighted by Gasteiger charge is 2.08. The number of hydrogen-bond donors (Lipinski definition) is 0. The monoisotopic (exact) mass is 140 g/mol. The topological polar surface area (TPSA) is 9.23 Å². The van der Waals surface area contributed by atoms with Crippen molar-refractivity contribution in [3.63, 3.8) is 0 Å². The predicted molar refractivity (Wildman–Crippen MR) is 35.8 cm³/mol. The molecule has 1 aromatic carbocycles. The van der Waals surface area contributed by atoms with E-state index in [0.717, 1.165) is 16.3 Å². The van der Waals surface area contributed by atoms with Crippen molar-refractivity contribution in [1.82, 2.24) is 0 Å². The molecule has 0 aliphatic carbocycles. The van der Waals surface area contributed by atoms with E-state index in [1.807, 2.05) is 18.2 Å². The summed E-state index contributed by atoms with van der Waals surface area (Å²) in [6.45, 7) is 0.640. The molecule has 0 fully saturated rings. The predicted octanol–water partition coefficient (Wildman–Crippen LogP) is 2.23. The van der Waals surface area contributed by atoms with Crippen LogP contribution in [0.1, 0.15) is 5.56 Å². The summed E-state index contributed by atoms with van der Waals surface area (Å²) in [7, 11) is 0. The molecule has 0 aromatic heterocycles. The zero-order valence-electron chi connectivity index (χ0n) is 4.73. The molecule has 0 spiro atoms. The van der Waals surface area contributed by atoms with Crippen LogP contribution in [0, 0.1) is 0 Å². The minimum atomic E-state index is 0.640. The molecule has 0 amide bonds. The van der Waals surface area contributed by atoms with Crippen molar-refractivity contribution >= 4 is 11.6 Å². The van der Waals surface area contributed by atoms with E-state index in [4.69, 9.17) is 16.3 Å². The molecule has 0 unspecified atom stereocenters. The van der Waals surface area contributed by atoms with Gasteiger partial charge in [-0.05, 0) is 12.1 Å². The Hall–Kier alpha value is -0.690. The minimum Gasteiger partial charge on any atom is -0.489 e. The summed E-state index contributed by atoms with van der Waals surface area (Å²) >= 11 is 5.79. The van der Waals surface area contributed by atoms with E-state index in [0.29, 0.717) is 6.61 Å². The maximum Gasteiger partial charge on any atom is 0.121 e. The van der Waals surface area contributed by atoms with Crippen molar-refractivity contribution in [3.05, 3.63) is 28.8 Å². The lowest BCUT2D eigenvalue weighted by Gasteiger charge is -2.14. The molecule has 0 atom stereocenters. The second kappa shape index (κ2) is 1.64. The van der Waals surface area contributed by atoms with Crippen LogP contribution in [0.15, 0.2) is 18.2 Å². The fourth-order valence-electron chi connectivity index (χ4n) is 0.896. The molecular formula is C7H5ClO. The Morgan fingerprint density at radius 1 is 1.44 bits per heavy atom. The Labute approximate surface area is 58.2 Å². The maximum atomic E-state index is 5.79. The van der Waals surface area contributed by atoms with Crippen LogP contribution in [0.3, 0.4) is 0 Å². The highest BCUT2D eigenvalue weighted by Crippen LogP contribution is 2.28. The average molecular weight is 141 g/mol. The Morgan fingerprint density at radius 3 is 2.56 bits per heavy atom.